The number of aromatic nitrogens is 2. The molecule has 0 unspecified atom stereocenters. The lowest BCUT2D eigenvalue weighted by molar-refractivity contribution is 0.0507. The summed E-state index contributed by atoms with van der Waals surface area (Å²) in [6, 6.07) is 6.65. The summed E-state index contributed by atoms with van der Waals surface area (Å²) >= 11 is 1.09. The van der Waals surface area contributed by atoms with Crippen molar-refractivity contribution in [2.45, 2.75) is 20.4 Å². The summed E-state index contributed by atoms with van der Waals surface area (Å²) in [6.45, 7) is 4.02. The highest BCUT2D eigenvalue weighted by Crippen LogP contribution is 2.21. The van der Waals surface area contributed by atoms with Gasteiger partial charge in [-0.3, -0.25) is 9.59 Å². The summed E-state index contributed by atoms with van der Waals surface area (Å²) < 4.78 is 9.76. The second-order valence-corrected chi connectivity index (χ2v) is 6.92. The molecule has 9 nitrogen and oxygen atoms in total. The first-order valence-corrected chi connectivity index (χ1v) is 10.1. The number of esters is 2. The third kappa shape index (κ3) is 4.54. The molecule has 0 atom stereocenters. The summed E-state index contributed by atoms with van der Waals surface area (Å²) in [6.07, 6.45) is 0. The molecule has 3 rings (SSSR count). The number of fused-ring (bicyclic) bond motifs is 1. The minimum atomic E-state index is -0.734. The molecule has 0 aliphatic carbocycles. The van der Waals surface area contributed by atoms with Crippen LogP contribution in [0.15, 0.2) is 34.4 Å². The number of ether oxygens (including phenoxy) is 2. The van der Waals surface area contributed by atoms with Gasteiger partial charge in [-0.15, -0.1) is 11.3 Å². The minimum Gasteiger partial charge on any atom is -0.462 e. The van der Waals surface area contributed by atoms with E-state index in [-0.39, 0.29) is 34.8 Å². The SMILES string of the molecule is CCOC(=O)c1ccc(CNC(=O)c2csc3nc(C(=O)OCC)[nH]c(=O)c23)cc1. The second kappa shape index (κ2) is 9.31. The molecule has 0 fully saturated rings. The maximum atomic E-state index is 12.6. The van der Waals surface area contributed by atoms with Crippen molar-refractivity contribution in [2.24, 2.45) is 0 Å². The van der Waals surface area contributed by atoms with Gasteiger partial charge in [-0.05, 0) is 31.5 Å². The van der Waals surface area contributed by atoms with Crippen LogP contribution in [0.5, 0.6) is 0 Å². The van der Waals surface area contributed by atoms with Crippen LogP contribution in [0.1, 0.15) is 50.7 Å². The number of amides is 1. The lowest BCUT2D eigenvalue weighted by atomic mass is 10.1. The molecule has 2 heterocycles. The number of thiophene rings is 1. The number of benzene rings is 1. The first-order valence-electron chi connectivity index (χ1n) is 9.17. The molecule has 0 spiro atoms. The van der Waals surface area contributed by atoms with Crippen LogP contribution in [0, 0.1) is 0 Å². The summed E-state index contributed by atoms with van der Waals surface area (Å²) in [5.41, 5.74) is 0.772. The van der Waals surface area contributed by atoms with Gasteiger partial charge in [0.15, 0.2) is 0 Å². The normalized spacial score (nSPS) is 10.6. The molecule has 0 saturated heterocycles. The van der Waals surface area contributed by atoms with Crippen molar-refractivity contribution in [3.63, 3.8) is 0 Å². The van der Waals surface area contributed by atoms with Gasteiger partial charge in [0.1, 0.15) is 4.83 Å². The fraction of sp³-hybridized carbons (Fsp3) is 0.250. The Morgan fingerprint density at radius 1 is 1.07 bits per heavy atom. The number of aromatic amines is 1. The fourth-order valence-corrected chi connectivity index (χ4v) is 3.58. The zero-order chi connectivity index (χ0) is 21.7. The van der Waals surface area contributed by atoms with Crippen LogP contribution in [0.2, 0.25) is 0 Å². The van der Waals surface area contributed by atoms with Crippen molar-refractivity contribution in [1.29, 1.82) is 0 Å². The molecule has 2 aromatic heterocycles. The Morgan fingerprint density at radius 2 is 1.73 bits per heavy atom. The van der Waals surface area contributed by atoms with E-state index in [1.165, 1.54) is 5.38 Å². The third-order valence-electron chi connectivity index (χ3n) is 4.08. The highest BCUT2D eigenvalue weighted by atomic mass is 32.1. The van der Waals surface area contributed by atoms with Crippen molar-refractivity contribution in [3.8, 4) is 0 Å². The largest absolute Gasteiger partial charge is 0.462 e. The number of carbonyl (C=O) groups is 3. The van der Waals surface area contributed by atoms with E-state index in [9.17, 15) is 19.2 Å². The van der Waals surface area contributed by atoms with Gasteiger partial charge in [0.2, 0.25) is 5.82 Å². The monoisotopic (exact) mass is 429 g/mol. The topological polar surface area (TPSA) is 127 Å². The number of carbonyl (C=O) groups excluding carboxylic acids is 3. The van der Waals surface area contributed by atoms with Crippen molar-refractivity contribution in [1.82, 2.24) is 15.3 Å². The Labute approximate surface area is 175 Å². The van der Waals surface area contributed by atoms with Gasteiger partial charge in [-0.25, -0.2) is 14.6 Å². The van der Waals surface area contributed by atoms with Gasteiger partial charge in [-0.2, -0.15) is 0 Å². The summed E-state index contributed by atoms with van der Waals surface area (Å²) in [4.78, 5) is 55.2. The molecular formula is C20H19N3O6S. The summed E-state index contributed by atoms with van der Waals surface area (Å²) in [7, 11) is 0. The van der Waals surface area contributed by atoms with Gasteiger partial charge in [-0.1, -0.05) is 12.1 Å². The fourth-order valence-electron chi connectivity index (χ4n) is 2.66. The molecule has 30 heavy (non-hydrogen) atoms. The third-order valence-corrected chi connectivity index (χ3v) is 4.95. The maximum Gasteiger partial charge on any atom is 0.374 e. The quantitative estimate of drug-likeness (QED) is 0.552. The molecule has 0 aliphatic rings. The van der Waals surface area contributed by atoms with E-state index in [4.69, 9.17) is 9.47 Å². The van der Waals surface area contributed by atoms with Crippen LogP contribution in [-0.2, 0) is 16.0 Å². The molecule has 10 heteroatoms. The number of rotatable bonds is 7. The molecule has 156 valence electrons. The molecule has 3 aromatic rings. The molecule has 1 amide bonds. The highest BCUT2D eigenvalue weighted by Gasteiger charge is 2.19. The molecule has 0 radical (unpaired) electrons. The van der Waals surface area contributed by atoms with E-state index in [0.717, 1.165) is 16.9 Å². The second-order valence-electron chi connectivity index (χ2n) is 6.06. The number of nitrogens with zero attached hydrogens (tertiary/aromatic N) is 1. The highest BCUT2D eigenvalue weighted by molar-refractivity contribution is 7.17. The van der Waals surface area contributed by atoms with Gasteiger partial charge >= 0.3 is 11.9 Å². The molecule has 2 N–H and O–H groups in total. The van der Waals surface area contributed by atoms with E-state index < -0.39 is 23.4 Å². The maximum absolute atomic E-state index is 12.6. The van der Waals surface area contributed by atoms with Crippen molar-refractivity contribution in [3.05, 3.63) is 62.5 Å². The molecule has 0 bridgehead atoms. The number of nitrogens with one attached hydrogen (secondary N) is 2. The molecule has 1 aromatic carbocycles. The van der Waals surface area contributed by atoms with Gasteiger partial charge in [0, 0.05) is 11.9 Å². The first-order chi connectivity index (χ1) is 14.4. The lowest BCUT2D eigenvalue weighted by Crippen LogP contribution is -2.24. The van der Waals surface area contributed by atoms with E-state index >= 15 is 0 Å². The van der Waals surface area contributed by atoms with E-state index in [0.29, 0.717) is 12.2 Å². The predicted octanol–water partition coefficient (Wildman–Crippen LogP) is 2.27. The van der Waals surface area contributed by atoms with Crippen molar-refractivity contribution >= 4 is 39.4 Å². The summed E-state index contributed by atoms with van der Waals surface area (Å²) in [5, 5.41) is 4.36. The van der Waals surface area contributed by atoms with Crippen LogP contribution in [0.25, 0.3) is 10.2 Å². The first kappa shape index (κ1) is 21.2. The average molecular weight is 429 g/mol. The average Bonchev–Trinajstić information content (AvgIpc) is 3.17. The smallest absolute Gasteiger partial charge is 0.374 e. The van der Waals surface area contributed by atoms with Gasteiger partial charge < -0.3 is 19.8 Å². The number of hydrogen-bond acceptors (Lipinski definition) is 8. The lowest BCUT2D eigenvalue weighted by Gasteiger charge is -2.06. The van der Waals surface area contributed by atoms with Gasteiger partial charge in [0.05, 0.1) is 29.7 Å². The van der Waals surface area contributed by atoms with E-state index in [1.807, 2.05) is 0 Å². The van der Waals surface area contributed by atoms with Crippen LogP contribution in [0.4, 0.5) is 0 Å². The zero-order valence-corrected chi connectivity index (χ0v) is 17.1. The number of H-pyrrole nitrogens is 1. The molecular weight excluding hydrogens is 410 g/mol. The van der Waals surface area contributed by atoms with Crippen LogP contribution in [-0.4, -0.2) is 41.0 Å². The summed E-state index contributed by atoms with van der Waals surface area (Å²) in [5.74, 6) is -1.80. The Kier molecular flexibility index (Phi) is 6.58. The van der Waals surface area contributed by atoms with Gasteiger partial charge in [0.25, 0.3) is 11.5 Å². The zero-order valence-electron chi connectivity index (χ0n) is 16.3. The van der Waals surface area contributed by atoms with Crippen LogP contribution in [0.3, 0.4) is 0 Å². The Balaban J connectivity index is 1.73. The minimum absolute atomic E-state index is 0.114. The Morgan fingerprint density at radius 3 is 2.40 bits per heavy atom. The Hall–Kier alpha value is -3.53. The predicted molar refractivity (Wildman–Crippen MR) is 110 cm³/mol. The van der Waals surface area contributed by atoms with E-state index in [2.05, 4.69) is 15.3 Å². The molecule has 0 saturated carbocycles. The van der Waals surface area contributed by atoms with Crippen molar-refractivity contribution < 1.29 is 23.9 Å². The van der Waals surface area contributed by atoms with E-state index in [1.54, 1.807) is 38.1 Å². The van der Waals surface area contributed by atoms with Crippen LogP contribution >= 0.6 is 11.3 Å². The standard InChI is InChI=1S/C20H19N3O6S/c1-3-28-19(26)12-7-5-11(6-8-12)9-21-16(24)13-10-30-18-14(13)17(25)22-15(23-18)20(27)29-4-2/h5-8,10H,3-4,9H2,1-2H3,(H,21,24)(H,22,23,25). The Bertz CT molecular complexity index is 1150. The van der Waals surface area contributed by atoms with Crippen LogP contribution < -0.4 is 10.9 Å². The molecule has 0 aliphatic heterocycles. The van der Waals surface area contributed by atoms with Crippen molar-refractivity contribution in [2.75, 3.05) is 13.2 Å². The number of hydrogen-bond donors (Lipinski definition) is 2.